The molecule has 3 nitrogen and oxygen atoms in total. The lowest BCUT2D eigenvalue weighted by molar-refractivity contribution is 0.875. The van der Waals surface area contributed by atoms with Gasteiger partial charge < -0.3 is 0 Å². The van der Waals surface area contributed by atoms with Crippen molar-refractivity contribution < 1.29 is 0 Å². The molecule has 0 fully saturated rings. The Morgan fingerprint density at radius 3 is 1.10 bits per heavy atom. The summed E-state index contributed by atoms with van der Waals surface area (Å²) < 4.78 is 0. The molecule has 0 saturated carbocycles. The number of hydrogen-bond acceptors (Lipinski definition) is 3. The van der Waals surface area contributed by atoms with E-state index in [0.29, 0.717) is 0 Å². The second kappa shape index (κ2) is 3.25. The molecule has 0 aromatic carbocycles. The number of nitrogens with zero attached hydrogens (tertiary/aromatic N) is 3. The molecule has 0 unspecified atom stereocenters. The molecule has 0 aliphatic heterocycles. The van der Waals surface area contributed by atoms with Crippen molar-refractivity contribution in [2.45, 2.75) is 28.2 Å². The highest BCUT2D eigenvalue weighted by molar-refractivity contribution is 4.91. The highest BCUT2D eigenvalue weighted by Crippen LogP contribution is 1.90. The maximum absolute atomic E-state index is 4.01. The SMILES string of the molecule is C.Cc1nc(C)nc(C)n1. The second-order valence-corrected chi connectivity index (χ2v) is 1.98. The van der Waals surface area contributed by atoms with Crippen LogP contribution in [0.2, 0.25) is 0 Å². The normalized spacial score (nSPS) is 8.70. The number of aromatic nitrogens is 3. The standard InChI is InChI=1S/C6H9N3.CH4/c1-4-7-5(2)9-6(3)8-4;/h1-3H3;1H4. The highest BCUT2D eigenvalue weighted by Gasteiger charge is 1.91. The number of rotatable bonds is 0. The average Bonchev–Trinajstić information content (AvgIpc) is 1.59. The lowest BCUT2D eigenvalue weighted by Crippen LogP contribution is -1.97. The monoisotopic (exact) mass is 139 g/mol. The van der Waals surface area contributed by atoms with Crippen LogP contribution in [0.1, 0.15) is 24.9 Å². The lowest BCUT2D eigenvalue weighted by atomic mass is 10.6. The van der Waals surface area contributed by atoms with Gasteiger partial charge >= 0.3 is 0 Å². The first kappa shape index (κ1) is 9.01. The largest absolute Gasteiger partial charge is 0.219 e. The molecule has 0 radical (unpaired) electrons. The van der Waals surface area contributed by atoms with Gasteiger partial charge in [0.25, 0.3) is 0 Å². The molecule has 1 rings (SSSR count). The van der Waals surface area contributed by atoms with Crippen molar-refractivity contribution >= 4 is 0 Å². The Morgan fingerprint density at radius 1 is 0.700 bits per heavy atom. The van der Waals surface area contributed by atoms with Gasteiger partial charge in [0.15, 0.2) is 0 Å². The van der Waals surface area contributed by atoms with E-state index in [1.807, 2.05) is 20.8 Å². The molecule has 0 amide bonds. The Morgan fingerprint density at radius 2 is 0.900 bits per heavy atom. The summed E-state index contributed by atoms with van der Waals surface area (Å²) in [6, 6.07) is 0. The topological polar surface area (TPSA) is 38.7 Å². The predicted molar refractivity (Wildman–Crippen MR) is 40.8 cm³/mol. The van der Waals surface area contributed by atoms with E-state index in [1.165, 1.54) is 0 Å². The van der Waals surface area contributed by atoms with Gasteiger partial charge in [0, 0.05) is 0 Å². The van der Waals surface area contributed by atoms with Gasteiger partial charge in [0.1, 0.15) is 17.5 Å². The zero-order chi connectivity index (χ0) is 6.85. The maximum Gasteiger partial charge on any atom is 0.129 e. The van der Waals surface area contributed by atoms with E-state index in [2.05, 4.69) is 15.0 Å². The number of aryl methyl sites for hydroxylation is 3. The van der Waals surface area contributed by atoms with Crippen molar-refractivity contribution in [3.05, 3.63) is 17.5 Å². The second-order valence-electron chi connectivity index (χ2n) is 1.98. The van der Waals surface area contributed by atoms with Crippen LogP contribution >= 0.6 is 0 Å². The van der Waals surface area contributed by atoms with Crippen LogP contribution in [0.3, 0.4) is 0 Å². The van der Waals surface area contributed by atoms with Crippen LogP contribution in [-0.2, 0) is 0 Å². The predicted octanol–water partition coefficient (Wildman–Crippen LogP) is 1.43. The van der Waals surface area contributed by atoms with Crippen molar-refractivity contribution in [2.75, 3.05) is 0 Å². The quantitative estimate of drug-likeness (QED) is 0.545. The highest BCUT2D eigenvalue weighted by atomic mass is 15.0. The lowest BCUT2D eigenvalue weighted by Gasteiger charge is -1.94. The molecule has 56 valence electrons. The van der Waals surface area contributed by atoms with Gasteiger partial charge in [-0.25, -0.2) is 15.0 Å². The third-order valence-electron chi connectivity index (χ3n) is 0.971. The van der Waals surface area contributed by atoms with Crippen LogP contribution in [0.5, 0.6) is 0 Å². The van der Waals surface area contributed by atoms with Crippen LogP contribution < -0.4 is 0 Å². The maximum atomic E-state index is 4.01. The fraction of sp³-hybridized carbons (Fsp3) is 0.571. The van der Waals surface area contributed by atoms with Crippen LogP contribution in [0.25, 0.3) is 0 Å². The third kappa shape index (κ3) is 2.09. The fourth-order valence-electron chi connectivity index (χ4n) is 0.777. The summed E-state index contributed by atoms with van der Waals surface area (Å²) in [5.74, 6) is 2.38. The summed E-state index contributed by atoms with van der Waals surface area (Å²) in [6.45, 7) is 5.59. The van der Waals surface area contributed by atoms with Crippen LogP contribution in [0, 0.1) is 20.8 Å². The Labute approximate surface area is 61.6 Å². The van der Waals surface area contributed by atoms with Crippen LogP contribution in [-0.4, -0.2) is 15.0 Å². The summed E-state index contributed by atoms with van der Waals surface area (Å²) in [7, 11) is 0. The van der Waals surface area contributed by atoms with Gasteiger partial charge in [-0.15, -0.1) is 0 Å². The molecule has 0 bridgehead atoms. The Kier molecular flexibility index (Phi) is 2.93. The molecule has 0 atom stereocenters. The minimum Gasteiger partial charge on any atom is -0.219 e. The van der Waals surface area contributed by atoms with E-state index in [-0.39, 0.29) is 7.43 Å². The fourth-order valence-corrected chi connectivity index (χ4v) is 0.777. The average molecular weight is 139 g/mol. The molecule has 3 heteroatoms. The first-order chi connectivity index (χ1) is 4.18. The van der Waals surface area contributed by atoms with E-state index >= 15 is 0 Å². The van der Waals surface area contributed by atoms with E-state index in [9.17, 15) is 0 Å². The molecule has 0 aliphatic carbocycles. The Bertz CT molecular complexity index is 170. The molecule has 0 N–H and O–H groups in total. The van der Waals surface area contributed by atoms with Gasteiger partial charge in [-0.05, 0) is 20.8 Å². The van der Waals surface area contributed by atoms with Gasteiger partial charge in [0.2, 0.25) is 0 Å². The molecule has 0 saturated heterocycles. The van der Waals surface area contributed by atoms with E-state index < -0.39 is 0 Å². The summed E-state index contributed by atoms with van der Waals surface area (Å²) in [4.78, 5) is 12.0. The molecular formula is C7H13N3. The Hall–Kier alpha value is -0.990. The molecule has 0 spiro atoms. The van der Waals surface area contributed by atoms with Crippen LogP contribution in [0.4, 0.5) is 0 Å². The molecule has 1 aromatic rings. The molecular weight excluding hydrogens is 126 g/mol. The summed E-state index contributed by atoms with van der Waals surface area (Å²) >= 11 is 0. The summed E-state index contributed by atoms with van der Waals surface area (Å²) in [5.41, 5.74) is 0. The van der Waals surface area contributed by atoms with Gasteiger partial charge in [-0.2, -0.15) is 0 Å². The van der Waals surface area contributed by atoms with Crippen molar-refractivity contribution in [3.8, 4) is 0 Å². The third-order valence-corrected chi connectivity index (χ3v) is 0.971. The molecule has 1 aromatic heterocycles. The smallest absolute Gasteiger partial charge is 0.129 e. The van der Waals surface area contributed by atoms with E-state index in [4.69, 9.17) is 0 Å². The van der Waals surface area contributed by atoms with E-state index in [1.54, 1.807) is 0 Å². The first-order valence-corrected chi connectivity index (χ1v) is 2.84. The first-order valence-electron chi connectivity index (χ1n) is 2.84. The summed E-state index contributed by atoms with van der Waals surface area (Å²) in [5, 5.41) is 0. The van der Waals surface area contributed by atoms with E-state index in [0.717, 1.165) is 17.5 Å². The summed E-state index contributed by atoms with van der Waals surface area (Å²) in [6.07, 6.45) is 0. The van der Waals surface area contributed by atoms with Crippen molar-refractivity contribution in [2.24, 2.45) is 0 Å². The van der Waals surface area contributed by atoms with Gasteiger partial charge in [0.05, 0.1) is 0 Å². The number of hydrogen-bond donors (Lipinski definition) is 0. The zero-order valence-electron chi connectivity index (χ0n) is 5.84. The van der Waals surface area contributed by atoms with Crippen molar-refractivity contribution in [1.29, 1.82) is 0 Å². The minimum absolute atomic E-state index is 0. The van der Waals surface area contributed by atoms with Gasteiger partial charge in [-0.1, -0.05) is 7.43 Å². The molecule has 1 heterocycles. The van der Waals surface area contributed by atoms with Crippen molar-refractivity contribution in [1.82, 2.24) is 15.0 Å². The van der Waals surface area contributed by atoms with Crippen LogP contribution in [0.15, 0.2) is 0 Å². The van der Waals surface area contributed by atoms with Gasteiger partial charge in [-0.3, -0.25) is 0 Å². The van der Waals surface area contributed by atoms with Crippen molar-refractivity contribution in [3.63, 3.8) is 0 Å². The zero-order valence-corrected chi connectivity index (χ0v) is 5.84. The Balaban J connectivity index is 0.000000810. The molecule has 0 aliphatic rings. The minimum atomic E-state index is 0. The molecule has 10 heavy (non-hydrogen) atoms.